The normalized spacial score (nSPS) is 10.7. The number of amides is 2. The van der Waals surface area contributed by atoms with Crippen LogP contribution < -0.4 is 10.6 Å². The molecule has 22 heavy (non-hydrogen) atoms. The fraction of sp³-hybridized carbons (Fsp3) is 0.125. The Bertz CT molecular complexity index is 839. The summed E-state index contributed by atoms with van der Waals surface area (Å²) in [5.74, 6) is 0. The molecule has 0 aliphatic carbocycles. The van der Waals surface area contributed by atoms with E-state index < -0.39 is 0 Å². The van der Waals surface area contributed by atoms with Crippen LogP contribution >= 0.6 is 27.3 Å². The number of aromatic nitrogens is 1. The molecule has 0 fully saturated rings. The van der Waals surface area contributed by atoms with Crippen molar-refractivity contribution in [2.24, 2.45) is 0 Å². The van der Waals surface area contributed by atoms with Crippen molar-refractivity contribution >= 4 is 54.3 Å². The maximum absolute atomic E-state index is 12.1. The minimum absolute atomic E-state index is 0.289. The van der Waals surface area contributed by atoms with E-state index in [9.17, 15) is 4.79 Å². The van der Waals surface area contributed by atoms with Crippen molar-refractivity contribution in [1.82, 2.24) is 4.98 Å². The number of hydrogen-bond donors (Lipinski definition) is 2. The highest BCUT2D eigenvalue weighted by atomic mass is 79.9. The molecule has 3 aromatic rings. The SMILES string of the molecule is Cc1cc(C)cc(NC(=O)Nc2nc3ccc(Br)cc3s2)c1. The molecule has 6 heteroatoms. The van der Waals surface area contributed by atoms with Crippen LogP contribution in [0.5, 0.6) is 0 Å². The second-order valence-electron chi connectivity index (χ2n) is 5.09. The number of aryl methyl sites for hydroxylation is 2. The zero-order chi connectivity index (χ0) is 15.7. The summed E-state index contributed by atoms with van der Waals surface area (Å²) in [5, 5.41) is 6.19. The summed E-state index contributed by atoms with van der Waals surface area (Å²) in [7, 11) is 0. The summed E-state index contributed by atoms with van der Waals surface area (Å²) in [6.45, 7) is 4.00. The van der Waals surface area contributed by atoms with Gasteiger partial charge in [-0.05, 0) is 55.3 Å². The maximum atomic E-state index is 12.1. The Morgan fingerprint density at radius 1 is 1.09 bits per heavy atom. The van der Waals surface area contributed by atoms with E-state index in [0.29, 0.717) is 5.13 Å². The molecule has 1 heterocycles. The third kappa shape index (κ3) is 3.45. The Morgan fingerprint density at radius 3 is 2.55 bits per heavy atom. The van der Waals surface area contributed by atoms with Crippen LogP contribution in [0.15, 0.2) is 40.9 Å². The standard InChI is InChI=1S/C16H14BrN3OS/c1-9-5-10(2)7-12(6-9)18-15(21)20-16-19-13-4-3-11(17)8-14(13)22-16/h3-8H,1-2H3,(H2,18,19,20,21). The predicted molar refractivity (Wildman–Crippen MR) is 95.9 cm³/mol. The van der Waals surface area contributed by atoms with Crippen molar-refractivity contribution in [3.05, 3.63) is 52.0 Å². The Labute approximate surface area is 140 Å². The van der Waals surface area contributed by atoms with Gasteiger partial charge in [0.1, 0.15) is 0 Å². The van der Waals surface area contributed by atoms with E-state index >= 15 is 0 Å². The summed E-state index contributed by atoms with van der Waals surface area (Å²) in [6, 6.07) is 11.5. The van der Waals surface area contributed by atoms with Gasteiger partial charge in [0.05, 0.1) is 10.2 Å². The monoisotopic (exact) mass is 375 g/mol. The first-order valence-electron chi connectivity index (χ1n) is 6.72. The molecule has 0 atom stereocenters. The topological polar surface area (TPSA) is 54.0 Å². The van der Waals surface area contributed by atoms with Crippen molar-refractivity contribution in [3.8, 4) is 0 Å². The zero-order valence-corrected chi connectivity index (χ0v) is 14.5. The number of hydrogen-bond acceptors (Lipinski definition) is 3. The Balaban J connectivity index is 1.75. The number of benzene rings is 2. The quantitative estimate of drug-likeness (QED) is 0.636. The molecular formula is C16H14BrN3OS. The van der Waals surface area contributed by atoms with Crippen molar-refractivity contribution in [1.29, 1.82) is 0 Å². The Morgan fingerprint density at radius 2 is 1.82 bits per heavy atom. The van der Waals surface area contributed by atoms with E-state index in [2.05, 4.69) is 37.6 Å². The molecule has 112 valence electrons. The van der Waals surface area contributed by atoms with Crippen LogP contribution in [-0.4, -0.2) is 11.0 Å². The second kappa shape index (κ2) is 6.06. The molecule has 3 rings (SSSR count). The third-order valence-electron chi connectivity index (χ3n) is 3.05. The number of halogens is 1. The van der Waals surface area contributed by atoms with Crippen LogP contribution in [0.25, 0.3) is 10.2 Å². The van der Waals surface area contributed by atoms with Crippen LogP contribution in [0.4, 0.5) is 15.6 Å². The summed E-state index contributed by atoms with van der Waals surface area (Å²) in [5.41, 5.74) is 3.87. The number of nitrogens with one attached hydrogen (secondary N) is 2. The number of fused-ring (bicyclic) bond motifs is 1. The van der Waals surface area contributed by atoms with Gasteiger partial charge in [0.2, 0.25) is 0 Å². The molecule has 2 amide bonds. The van der Waals surface area contributed by atoms with Crippen LogP contribution in [0, 0.1) is 13.8 Å². The second-order valence-corrected chi connectivity index (χ2v) is 7.03. The number of anilines is 2. The molecule has 1 aromatic heterocycles. The van der Waals surface area contributed by atoms with Gasteiger partial charge in [-0.25, -0.2) is 9.78 Å². The average molecular weight is 376 g/mol. The fourth-order valence-corrected chi connectivity index (χ4v) is 3.67. The van der Waals surface area contributed by atoms with Crippen LogP contribution in [0.1, 0.15) is 11.1 Å². The van der Waals surface area contributed by atoms with Crippen LogP contribution in [-0.2, 0) is 0 Å². The van der Waals surface area contributed by atoms with Crippen LogP contribution in [0.2, 0.25) is 0 Å². The van der Waals surface area contributed by atoms with Gasteiger partial charge in [0.25, 0.3) is 0 Å². The molecule has 0 saturated heterocycles. The molecule has 2 N–H and O–H groups in total. The lowest BCUT2D eigenvalue weighted by molar-refractivity contribution is 0.262. The highest BCUT2D eigenvalue weighted by Crippen LogP contribution is 2.28. The smallest absolute Gasteiger partial charge is 0.308 e. The lowest BCUT2D eigenvalue weighted by atomic mass is 10.1. The molecule has 0 spiro atoms. The first-order chi connectivity index (χ1) is 10.5. The molecule has 0 bridgehead atoms. The molecule has 0 saturated carbocycles. The van der Waals surface area contributed by atoms with Gasteiger partial charge in [-0.15, -0.1) is 0 Å². The number of thiazole rings is 1. The number of urea groups is 1. The fourth-order valence-electron chi connectivity index (χ4n) is 2.26. The van der Waals surface area contributed by atoms with Gasteiger partial charge < -0.3 is 5.32 Å². The van der Waals surface area contributed by atoms with Gasteiger partial charge in [-0.3, -0.25) is 5.32 Å². The summed E-state index contributed by atoms with van der Waals surface area (Å²) >= 11 is 4.87. The zero-order valence-electron chi connectivity index (χ0n) is 12.1. The van der Waals surface area contributed by atoms with Gasteiger partial charge in [0, 0.05) is 10.2 Å². The van der Waals surface area contributed by atoms with Crippen molar-refractivity contribution in [2.45, 2.75) is 13.8 Å². The van der Waals surface area contributed by atoms with E-state index in [1.165, 1.54) is 11.3 Å². The average Bonchev–Trinajstić information content (AvgIpc) is 2.78. The Hall–Kier alpha value is -1.92. The lowest BCUT2D eigenvalue weighted by Gasteiger charge is -2.07. The van der Waals surface area contributed by atoms with Gasteiger partial charge >= 0.3 is 6.03 Å². The first-order valence-corrected chi connectivity index (χ1v) is 8.33. The van der Waals surface area contributed by atoms with Crippen molar-refractivity contribution < 1.29 is 4.79 Å². The van der Waals surface area contributed by atoms with Crippen molar-refractivity contribution in [3.63, 3.8) is 0 Å². The molecule has 0 radical (unpaired) electrons. The third-order valence-corrected chi connectivity index (χ3v) is 4.48. The molecule has 0 aliphatic rings. The van der Waals surface area contributed by atoms with E-state index in [1.54, 1.807) is 0 Å². The summed E-state index contributed by atoms with van der Waals surface area (Å²) in [4.78, 5) is 16.5. The predicted octanol–water partition coefficient (Wildman–Crippen LogP) is 5.32. The molecular weight excluding hydrogens is 362 g/mol. The summed E-state index contributed by atoms with van der Waals surface area (Å²) in [6.07, 6.45) is 0. The van der Waals surface area contributed by atoms with E-state index in [1.807, 2.05) is 44.2 Å². The summed E-state index contributed by atoms with van der Waals surface area (Å²) < 4.78 is 2.02. The largest absolute Gasteiger partial charge is 0.325 e. The van der Waals surface area contributed by atoms with Gasteiger partial charge in [-0.2, -0.15) is 0 Å². The minimum Gasteiger partial charge on any atom is -0.308 e. The molecule has 0 unspecified atom stereocenters. The van der Waals surface area contributed by atoms with E-state index in [-0.39, 0.29) is 6.03 Å². The molecule has 4 nitrogen and oxygen atoms in total. The van der Waals surface area contributed by atoms with Crippen molar-refractivity contribution in [2.75, 3.05) is 10.6 Å². The number of rotatable bonds is 2. The molecule has 0 aliphatic heterocycles. The maximum Gasteiger partial charge on any atom is 0.325 e. The molecule has 2 aromatic carbocycles. The van der Waals surface area contributed by atoms with Gasteiger partial charge in [0.15, 0.2) is 5.13 Å². The van der Waals surface area contributed by atoms with E-state index in [0.717, 1.165) is 31.5 Å². The lowest BCUT2D eigenvalue weighted by Crippen LogP contribution is -2.19. The van der Waals surface area contributed by atoms with Gasteiger partial charge in [-0.1, -0.05) is 33.3 Å². The highest BCUT2D eigenvalue weighted by molar-refractivity contribution is 9.10. The number of nitrogens with zero attached hydrogens (tertiary/aromatic N) is 1. The first kappa shape index (κ1) is 15.0. The van der Waals surface area contributed by atoms with Crippen LogP contribution in [0.3, 0.4) is 0 Å². The number of carbonyl (C=O) groups is 1. The number of carbonyl (C=O) groups excluding carboxylic acids is 1. The van der Waals surface area contributed by atoms with E-state index in [4.69, 9.17) is 0 Å². The Kier molecular flexibility index (Phi) is 4.13. The minimum atomic E-state index is -0.289. The highest BCUT2D eigenvalue weighted by Gasteiger charge is 2.08.